The molecule has 12 aliphatic rings. The largest absolute Gasteiger partial charge is 0.492 e. The Kier molecular flexibility index (Phi) is 29.6. The number of carboxylic acids is 1. The minimum atomic E-state index is -1.64. The Morgan fingerprint density at radius 1 is 0.480 bits per heavy atom. The molecule has 43 heteroatoms. The van der Waals surface area contributed by atoms with Crippen molar-refractivity contribution in [2.24, 2.45) is 69.2 Å². The second-order valence-corrected chi connectivity index (χ2v) is 35.9. The fraction of sp³-hybridized carbons (Fsp3) is 0.756. The number of methoxy groups -OCH3 is 2. The minimum Gasteiger partial charge on any atom is -0.492 e. The number of hydrogen-bond acceptors (Lipinski definition) is 38. The summed E-state index contributed by atoms with van der Waals surface area (Å²) < 4.78 is 100. The lowest BCUT2D eigenvalue weighted by atomic mass is 9.84. The number of aliphatic hydroxyl groups excluding tert-OH is 9. The molecule has 125 heavy (non-hydrogen) atoms. The van der Waals surface area contributed by atoms with E-state index in [2.05, 4.69) is 10.6 Å². The topological polar surface area (TPSA) is 673 Å². The molecular weight excluding hydrogens is 1650 g/mol. The van der Waals surface area contributed by atoms with Crippen LogP contribution < -0.4 is 98.1 Å². The molecular formula is C82H128F2N16O25. The molecule has 700 valence electrons. The molecule has 0 bridgehead atoms. The number of carboxylic acid groups (broad SMARTS) is 1. The number of rotatable bonds is 21. The summed E-state index contributed by atoms with van der Waals surface area (Å²) in [5.74, 6) is -2.04. The van der Waals surface area contributed by atoms with Gasteiger partial charge in [0.1, 0.15) is 102 Å². The van der Waals surface area contributed by atoms with Crippen molar-refractivity contribution in [2.75, 3.05) is 89.6 Å². The van der Waals surface area contributed by atoms with Crippen LogP contribution in [0.3, 0.4) is 0 Å². The molecule has 8 saturated heterocycles. The van der Waals surface area contributed by atoms with Gasteiger partial charge in [-0.2, -0.15) is 0 Å². The van der Waals surface area contributed by atoms with Gasteiger partial charge in [0, 0.05) is 110 Å². The number of hydrogen-bond donors (Lipinski definition) is 22. The maximum atomic E-state index is 16.7. The number of nitrogens with one attached hydrogen (secondary N) is 2. The number of fused-ring (bicyclic) bond motifs is 4. The summed E-state index contributed by atoms with van der Waals surface area (Å²) in [5.41, 5.74) is 61.3. The van der Waals surface area contributed by atoms with E-state index < -0.39 is 219 Å². The Morgan fingerprint density at radius 3 is 1.22 bits per heavy atom. The van der Waals surface area contributed by atoms with Crippen LogP contribution in [0.4, 0.5) is 20.2 Å². The van der Waals surface area contributed by atoms with Crippen molar-refractivity contribution in [3.63, 3.8) is 0 Å². The summed E-state index contributed by atoms with van der Waals surface area (Å²) in [4.78, 5) is 57.7. The number of carbonyl (C=O) groups is 2. The van der Waals surface area contributed by atoms with Crippen molar-refractivity contribution in [3.8, 4) is 11.5 Å². The molecule has 32 N–H and O–H groups in total. The van der Waals surface area contributed by atoms with E-state index in [1.54, 1.807) is 20.8 Å². The second-order valence-electron chi connectivity index (χ2n) is 35.9. The Morgan fingerprint density at radius 2 is 0.848 bits per heavy atom. The van der Waals surface area contributed by atoms with Gasteiger partial charge in [0.25, 0.3) is 0 Å². The van der Waals surface area contributed by atoms with E-state index in [0.29, 0.717) is 77.1 Å². The number of carbonyl (C=O) groups excluding carboxylic acids is 1. The van der Waals surface area contributed by atoms with Crippen LogP contribution in [0.5, 0.6) is 11.5 Å². The van der Waals surface area contributed by atoms with Crippen LogP contribution in [0.1, 0.15) is 132 Å². The van der Waals surface area contributed by atoms with Crippen LogP contribution in [0.15, 0.2) is 9.59 Å². The van der Waals surface area contributed by atoms with Crippen molar-refractivity contribution in [3.05, 3.63) is 65.7 Å². The number of aliphatic hydroxyl groups is 9. The molecule has 2 aromatic heterocycles. The lowest BCUT2D eigenvalue weighted by Gasteiger charge is -2.47. The number of ether oxygens (including phenoxy) is 11. The third kappa shape index (κ3) is 18.4. The molecule has 8 aliphatic heterocycles. The molecule has 4 unspecified atom stereocenters. The number of pyridine rings is 2. The van der Waals surface area contributed by atoms with E-state index in [1.807, 2.05) is 18.9 Å². The number of halogens is 2. The Bertz CT molecular complexity index is 4610. The molecule has 2 aromatic carbocycles. The first-order valence-electron chi connectivity index (χ1n) is 43.5. The van der Waals surface area contributed by atoms with E-state index >= 15 is 8.78 Å². The highest BCUT2D eigenvalue weighted by Gasteiger charge is 2.55. The van der Waals surface area contributed by atoms with Crippen molar-refractivity contribution >= 4 is 45.1 Å². The van der Waals surface area contributed by atoms with E-state index in [-0.39, 0.29) is 95.7 Å². The van der Waals surface area contributed by atoms with Gasteiger partial charge in [-0.15, -0.1) is 0 Å². The molecule has 16 rings (SSSR count). The van der Waals surface area contributed by atoms with Crippen molar-refractivity contribution < 1.29 is 122 Å². The first-order chi connectivity index (χ1) is 59.5. The number of anilines is 2. The van der Waals surface area contributed by atoms with E-state index in [0.717, 1.165) is 71.0 Å². The molecule has 41 nitrogen and oxygen atoms in total. The Labute approximate surface area is 719 Å². The van der Waals surface area contributed by atoms with Crippen LogP contribution in [0.2, 0.25) is 0 Å². The molecule has 12 fully saturated rings. The summed E-state index contributed by atoms with van der Waals surface area (Å²) in [6.07, 6.45) is -15.8. The van der Waals surface area contributed by atoms with E-state index in [9.17, 15) is 70.2 Å². The molecule has 10 heterocycles. The maximum Gasteiger partial charge on any atom is 0.344 e. The summed E-state index contributed by atoms with van der Waals surface area (Å²) >= 11 is 0. The lowest BCUT2D eigenvalue weighted by molar-refractivity contribution is -0.314. The fourth-order valence-electron chi connectivity index (χ4n) is 20.3. The Hall–Kier alpha value is -6.30. The van der Waals surface area contributed by atoms with Gasteiger partial charge in [-0.3, -0.25) is 9.59 Å². The molecule has 0 amide bonds. The average Bonchev–Trinajstić information content (AvgIpc) is 1.02. The molecule has 4 saturated carbocycles. The smallest absolute Gasteiger partial charge is 0.344 e. The van der Waals surface area contributed by atoms with Crippen LogP contribution >= 0.6 is 0 Å². The van der Waals surface area contributed by atoms with Gasteiger partial charge in [-0.05, 0) is 130 Å². The highest BCUT2D eigenvalue weighted by atomic mass is 19.1. The third-order valence-electron chi connectivity index (χ3n) is 27.5. The summed E-state index contributed by atoms with van der Waals surface area (Å²) in [6.45, 7) is 9.79. The fourth-order valence-corrected chi connectivity index (χ4v) is 20.3. The first kappa shape index (κ1) is 94.8. The predicted octanol–water partition coefficient (Wildman–Crippen LogP) is -6.14. The average molecular weight is 1780 g/mol. The quantitative estimate of drug-likeness (QED) is 0.0345. The SMILES string of the molecule is COc1c(N2CC3CCCNC3C2)c(F)c(C)c2c(=O)c(C(=O)O)c(C)n(C3CC3)c12.COc1c(N2CC3CCCNC3C2)c(F)c(C)c2c(=O)c(C(=O)OC[C@H]3O[C@H](O[C@@H]4[C@@H](O)[C@H](O[C@H]5O[C@H](CN)[C@@H](O)C[C@H]5N)[C@@H](N)C[C@H]4N)[C@H](O)[C@@H](N)[C@@H]3O)c(C)n(C3CC3)c12.NC[C@H]1O[C@H](O[C@H]2[C@H](O)[C@@H](O[C@H]3O[C@H](CO)[C@@H](O)[C@H](N)[C@H]3O)[C@H](N)C[C@@H]2N)[C@H](N)C[C@@H]1O. The highest BCUT2D eigenvalue weighted by Crippen LogP contribution is 2.50. The van der Waals surface area contributed by atoms with Gasteiger partial charge in [-0.1, -0.05) is 0 Å². The number of nitrogens with two attached hydrogens (primary N) is 10. The number of aryl methyl sites for hydroxylation is 2. The normalized spacial score (nSPS) is 38.6. The lowest BCUT2D eigenvalue weighted by Crippen LogP contribution is -2.68. The highest BCUT2D eigenvalue weighted by molar-refractivity contribution is 6.02. The summed E-state index contributed by atoms with van der Waals surface area (Å²) in [7, 11) is 2.95. The van der Waals surface area contributed by atoms with Gasteiger partial charge < -0.3 is 190 Å². The van der Waals surface area contributed by atoms with Crippen molar-refractivity contribution in [2.45, 2.75) is 300 Å². The number of aromatic carboxylic acids is 1. The van der Waals surface area contributed by atoms with E-state index in [1.165, 1.54) is 21.1 Å². The second kappa shape index (κ2) is 39.0. The van der Waals surface area contributed by atoms with Crippen LogP contribution in [0.25, 0.3) is 21.8 Å². The summed E-state index contributed by atoms with van der Waals surface area (Å²) in [5, 5.41) is 112. The number of aromatic nitrogens is 2. The van der Waals surface area contributed by atoms with Gasteiger partial charge in [0.05, 0.1) is 91.2 Å². The van der Waals surface area contributed by atoms with Gasteiger partial charge in [-0.25, -0.2) is 18.4 Å². The zero-order valence-corrected chi connectivity index (χ0v) is 71.1. The van der Waals surface area contributed by atoms with Crippen molar-refractivity contribution in [1.29, 1.82) is 0 Å². The standard InChI is InChI=1S/C41H63FN8O12.C23H28FN3O4.C18H37N5O9/c1-15-26-30(38(57-3)31(28(15)42)49-12-17-5-4-8-48-22(17)13-49)50(18-6-7-18)16(2)27(33(26)53)39(56)58-14-25-32(52)29(47)34(54)41(60-25)62-37-20(45)9-19(44)36(35(37)55)61-40-21(46)10-23(51)24(11-43)59-40;1-11-16-19(27(14-6-7-14)12(2)17(21(16)28)23(29)30)22(31-3)20(18(11)24)26-9-13-5-4-8-25-15(13)10-26;19-3-9-8(25)2-7(22)17(29-9)31-15-5(20)1-6(21)16(14(15)28)32-18-13(27)11(23)12(26)10(4-24)30-18/h17-25,29,32,34-37,40-41,48,51-52,54-55H,4-14,43-47H2,1-3H3;13-15,25H,4-10H2,1-3H3,(H,29,30);5-18,24-28H,1-4,19-23H2/t17?,19-,20+,21+,22?,23-,24+,25+,29-,32+,34+,35-,36+,37-,40+,41+;;5-,6+,7+,8-,9+,10+,11-,12+,13+,14-,15+,16-,17+,18+/m0.0/s1. The zero-order chi connectivity index (χ0) is 90.2. The maximum absolute atomic E-state index is 16.7. The summed E-state index contributed by atoms with van der Waals surface area (Å²) in [6, 6.07) is -6.57. The molecule has 32 atom stereocenters. The predicted molar refractivity (Wildman–Crippen MR) is 445 cm³/mol. The number of benzene rings is 2. The van der Waals surface area contributed by atoms with Crippen LogP contribution in [0, 0.1) is 51.2 Å². The number of nitrogens with zero attached hydrogens (tertiary/aromatic N) is 4. The number of piperidine rings is 2. The Balaban J connectivity index is 0.000000169. The van der Waals surface area contributed by atoms with Crippen LogP contribution in [-0.4, -0.2) is 335 Å². The zero-order valence-electron chi connectivity index (χ0n) is 71.1. The molecule has 0 spiro atoms. The van der Waals surface area contributed by atoms with Gasteiger partial charge in [0.15, 0.2) is 48.3 Å². The van der Waals surface area contributed by atoms with Crippen LogP contribution in [-0.2, 0) is 42.6 Å². The van der Waals surface area contributed by atoms with Gasteiger partial charge in [0.2, 0.25) is 10.9 Å². The monoisotopic (exact) mass is 1770 g/mol. The number of esters is 1. The van der Waals surface area contributed by atoms with E-state index in [4.69, 9.17) is 109 Å². The van der Waals surface area contributed by atoms with Crippen molar-refractivity contribution in [1.82, 2.24) is 19.8 Å². The molecule has 4 aliphatic carbocycles. The third-order valence-corrected chi connectivity index (χ3v) is 27.5. The van der Waals surface area contributed by atoms with Gasteiger partial charge >= 0.3 is 11.9 Å². The molecule has 0 radical (unpaired) electrons. The first-order valence-corrected chi connectivity index (χ1v) is 43.5. The minimum absolute atomic E-state index is 0.00290. The molecule has 4 aromatic rings.